The lowest BCUT2D eigenvalue weighted by molar-refractivity contribution is -0.183. The number of nitrogens with two attached hydrogens (primary N) is 2. The van der Waals surface area contributed by atoms with Gasteiger partial charge in [-0.3, -0.25) is 14.4 Å². The average molecular weight is 344 g/mol. The predicted octanol–water partition coefficient (Wildman–Crippen LogP) is -1.93. The molecule has 0 bridgehead atoms. The number of hydrogen-bond acceptors (Lipinski definition) is 6. The number of piperidine rings is 1. The van der Waals surface area contributed by atoms with Gasteiger partial charge < -0.3 is 26.4 Å². The number of aliphatic hydroxyl groups is 1. The van der Waals surface area contributed by atoms with Crippen LogP contribution in [0.15, 0.2) is 0 Å². The van der Waals surface area contributed by atoms with Gasteiger partial charge >= 0.3 is 0 Å². The minimum atomic E-state index is -1.08. The summed E-state index contributed by atoms with van der Waals surface area (Å²) in [5.41, 5.74) is 10.1. The smallest absolute Gasteiger partial charge is 0.251 e. The van der Waals surface area contributed by atoms with Crippen LogP contribution < -0.4 is 11.5 Å². The first-order chi connectivity index (χ1) is 10.8. The van der Waals surface area contributed by atoms with Crippen LogP contribution in [0, 0.1) is 0 Å². The van der Waals surface area contributed by atoms with E-state index < -0.39 is 29.6 Å². The lowest BCUT2D eigenvalue weighted by Gasteiger charge is -2.58. The Hall–Kier alpha value is -1.32. The predicted molar refractivity (Wildman–Crippen MR) is 86.5 cm³/mol. The number of likely N-dealkylation sites (tertiary alicyclic amines) is 2. The number of aliphatic hydroxyl groups excluding tert-OH is 1. The Morgan fingerprint density at radius 1 is 1.43 bits per heavy atom. The van der Waals surface area contributed by atoms with E-state index in [0.29, 0.717) is 13.0 Å². The number of thiol groups is 1. The fourth-order valence-corrected chi connectivity index (χ4v) is 3.65. The molecule has 5 N–H and O–H groups in total. The molecule has 0 radical (unpaired) electrons. The molecule has 2 heterocycles. The van der Waals surface area contributed by atoms with E-state index >= 15 is 0 Å². The zero-order chi connectivity index (χ0) is 17.4. The van der Waals surface area contributed by atoms with E-state index in [1.807, 2.05) is 0 Å². The van der Waals surface area contributed by atoms with E-state index in [-0.39, 0.29) is 24.1 Å². The second-order valence-electron chi connectivity index (χ2n) is 6.29. The van der Waals surface area contributed by atoms with Gasteiger partial charge in [0.15, 0.2) is 0 Å². The van der Waals surface area contributed by atoms with Crippen LogP contribution in [0.25, 0.3) is 0 Å². The van der Waals surface area contributed by atoms with E-state index in [9.17, 15) is 19.5 Å². The van der Waals surface area contributed by atoms with Gasteiger partial charge in [-0.25, -0.2) is 0 Å². The van der Waals surface area contributed by atoms with Crippen LogP contribution in [0.5, 0.6) is 0 Å². The Bertz CT molecular complexity index is 515. The van der Waals surface area contributed by atoms with Gasteiger partial charge in [0.1, 0.15) is 11.6 Å². The standard InChI is InChI=1S/C14H24N4O4S/c1-8(19)10(11(16)20)17-7-14(13(17)22)4-2-3-5-18(14)12(21)9(15)6-23/h8-10,19,23H,2-7,15H2,1H3,(H2,16,20)/t8-,9-,10+,14?/m1/s1. The Balaban J connectivity index is 2.23. The van der Waals surface area contributed by atoms with Crippen molar-refractivity contribution in [2.45, 2.75) is 49.9 Å². The van der Waals surface area contributed by atoms with Crippen molar-refractivity contribution in [2.24, 2.45) is 11.5 Å². The zero-order valence-electron chi connectivity index (χ0n) is 13.1. The number of nitrogens with zero attached hydrogens (tertiary/aromatic N) is 2. The highest BCUT2D eigenvalue weighted by Gasteiger charge is 2.61. The number of carbonyl (C=O) groups excluding carboxylic acids is 3. The number of primary amides is 1. The molecule has 2 aliphatic heterocycles. The van der Waals surface area contributed by atoms with Gasteiger partial charge in [0, 0.05) is 12.3 Å². The summed E-state index contributed by atoms with van der Waals surface area (Å²) >= 11 is 4.04. The third kappa shape index (κ3) is 2.92. The van der Waals surface area contributed by atoms with Gasteiger partial charge in [-0.15, -0.1) is 0 Å². The number of β-lactam (4-membered cyclic amide) rings is 1. The number of rotatable bonds is 5. The maximum absolute atomic E-state index is 12.8. The molecule has 1 spiro atoms. The highest BCUT2D eigenvalue weighted by molar-refractivity contribution is 7.80. The van der Waals surface area contributed by atoms with Crippen molar-refractivity contribution >= 4 is 30.4 Å². The molecular weight excluding hydrogens is 320 g/mol. The zero-order valence-corrected chi connectivity index (χ0v) is 14.0. The summed E-state index contributed by atoms with van der Waals surface area (Å²) in [6, 6.07) is -1.84. The molecule has 2 aliphatic rings. The minimum absolute atomic E-state index is 0.190. The molecule has 0 aromatic heterocycles. The van der Waals surface area contributed by atoms with Crippen LogP contribution >= 0.6 is 12.6 Å². The van der Waals surface area contributed by atoms with Gasteiger partial charge in [-0.05, 0) is 26.2 Å². The molecule has 2 fully saturated rings. The molecule has 8 nitrogen and oxygen atoms in total. The molecule has 2 saturated heterocycles. The molecule has 130 valence electrons. The van der Waals surface area contributed by atoms with E-state index in [2.05, 4.69) is 12.6 Å². The molecule has 23 heavy (non-hydrogen) atoms. The molecule has 0 aliphatic carbocycles. The van der Waals surface area contributed by atoms with Gasteiger partial charge in [0.2, 0.25) is 11.8 Å². The molecule has 0 saturated carbocycles. The van der Waals surface area contributed by atoms with Crippen LogP contribution in [0.1, 0.15) is 26.2 Å². The van der Waals surface area contributed by atoms with Crippen LogP contribution in [0.4, 0.5) is 0 Å². The molecular formula is C14H24N4O4S. The molecule has 0 aromatic rings. The van der Waals surface area contributed by atoms with E-state index in [1.54, 1.807) is 0 Å². The first kappa shape index (κ1) is 18.0. The molecule has 3 amide bonds. The fourth-order valence-electron chi connectivity index (χ4n) is 3.50. The van der Waals surface area contributed by atoms with Crippen LogP contribution in [0.3, 0.4) is 0 Å². The van der Waals surface area contributed by atoms with Gasteiger partial charge in [-0.1, -0.05) is 0 Å². The van der Waals surface area contributed by atoms with Crippen molar-refractivity contribution in [1.82, 2.24) is 9.80 Å². The summed E-state index contributed by atoms with van der Waals surface area (Å²) < 4.78 is 0. The topological polar surface area (TPSA) is 130 Å². The summed E-state index contributed by atoms with van der Waals surface area (Å²) in [6.07, 6.45) is 1.07. The highest BCUT2D eigenvalue weighted by Crippen LogP contribution is 2.39. The second kappa shape index (κ2) is 6.66. The largest absolute Gasteiger partial charge is 0.391 e. The van der Waals surface area contributed by atoms with Crippen molar-refractivity contribution in [2.75, 3.05) is 18.8 Å². The van der Waals surface area contributed by atoms with E-state index in [0.717, 1.165) is 12.8 Å². The minimum Gasteiger partial charge on any atom is -0.391 e. The number of carbonyl (C=O) groups is 3. The van der Waals surface area contributed by atoms with Crippen molar-refractivity contribution in [3.8, 4) is 0 Å². The first-order valence-electron chi connectivity index (χ1n) is 7.72. The number of hydrogen-bond donors (Lipinski definition) is 4. The summed E-state index contributed by atoms with van der Waals surface area (Å²) in [7, 11) is 0. The van der Waals surface area contributed by atoms with Crippen molar-refractivity contribution < 1.29 is 19.5 Å². The first-order valence-corrected chi connectivity index (χ1v) is 8.36. The Labute approximate surface area is 140 Å². The Morgan fingerprint density at radius 3 is 2.57 bits per heavy atom. The summed E-state index contributed by atoms with van der Waals surface area (Å²) in [6.45, 7) is 2.06. The SMILES string of the molecule is C[C@@H](O)[C@@H](C(N)=O)N1CC2(CCCCN2C(=O)[C@H](N)CS)C1=O. The van der Waals surface area contributed by atoms with Crippen LogP contribution in [-0.4, -0.2) is 75.2 Å². The lowest BCUT2D eigenvalue weighted by Crippen LogP contribution is -2.80. The Kier molecular flexibility index (Phi) is 5.22. The van der Waals surface area contributed by atoms with Crippen LogP contribution in [0.2, 0.25) is 0 Å². The maximum Gasteiger partial charge on any atom is 0.251 e. The third-order valence-corrected chi connectivity index (χ3v) is 5.09. The molecule has 9 heteroatoms. The van der Waals surface area contributed by atoms with Crippen molar-refractivity contribution in [3.05, 3.63) is 0 Å². The fraction of sp³-hybridized carbons (Fsp3) is 0.786. The lowest BCUT2D eigenvalue weighted by atomic mass is 9.77. The van der Waals surface area contributed by atoms with Crippen molar-refractivity contribution in [1.29, 1.82) is 0 Å². The Morgan fingerprint density at radius 2 is 2.09 bits per heavy atom. The average Bonchev–Trinajstić information content (AvgIpc) is 2.52. The summed E-state index contributed by atoms with van der Waals surface area (Å²) in [5, 5.41) is 9.72. The molecule has 0 aromatic carbocycles. The normalized spacial score (nSPS) is 28.3. The van der Waals surface area contributed by atoms with E-state index in [4.69, 9.17) is 11.5 Å². The van der Waals surface area contributed by atoms with Gasteiger partial charge in [0.05, 0.1) is 18.7 Å². The summed E-state index contributed by atoms with van der Waals surface area (Å²) in [4.78, 5) is 39.5. The monoisotopic (exact) mass is 344 g/mol. The maximum atomic E-state index is 12.8. The highest BCUT2D eigenvalue weighted by atomic mass is 32.1. The van der Waals surface area contributed by atoms with Gasteiger partial charge in [0.25, 0.3) is 5.91 Å². The van der Waals surface area contributed by atoms with E-state index in [1.165, 1.54) is 16.7 Å². The van der Waals surface area contributed by atoms with Crippen LogP contribution in [-0.2, 0) is 14.4 Å². The molecule has 2 rings (SSSR count). The summed E-state index contributed by atoms with van der Waals surface area (Å²) in [5.74, 6) is -1.22. The third-order valence-electron chi connectivity index (χ3n) is 4.69. The molecule has 4 atom stereocenters. The van der Waals surface area contributed by atoms with Gasteiger partial charge in [-0.2, -0.15) is 12.6 Å². The van der Waals surface area contributed by atoms with Crippen molar-refractivity contribution in [3.63, 3.8) is 0 Å². The molecule has 1 unspecified atom stereocenters. The number of amides is 3. The second-order valence-corrected chi connectivity index (χ2v) is 6.65. The quantitative estimate of drug-likeness (QED) is 0.341.